The van der Waals surface area contributed by atoms with Gasteiger partial charge in [0.25, 0.3) is 0 Å². The number of nitrogens with zero attached hydrogens (tertiary/aromatic N) is 1. The molecule has 1 aliphatic rings. The minimum absolute atomic E-state index is 0.00564. The van der Waals surface area contributed by atoms with Crippen molar-refractivity contribution in [2.24, 2.45) is 5.92 Å². The van der Waals surface area contributed by atoms with Crippen molar-refractivity contribution in [1.82, 2.24) is 15.5 Å². The molecule has 1 heterocycles. The Balaban J connectivity index is 1.86. The molecular weight excluding hydrogens is 358 g/mol. The van der Waals surface area contributed by atoms with Crippen molar-refractivity contribution >= 4 is 29.3 Å². The number of hydrogen-bond donors (Lipinski definition) is 4. The highest BCUT2D eigenvalue weighted by Crippen LogP contribution is 2.19. The summed E-state index contributed by atoms with van der Waals surface area (Å²) in [6.45, 7) is 7.48. The summed E-state index contributed by atoms with van der Waals surface area (Å²) in [6, 6.07) is 6.58. The molecular formula is C20H31N5O3. The highest BCUT2D eigenvalue weighted by molar-refractivity contribution is 5.92. The van der Waals surface area contributed by atoms with E-state index in [0.717, 1.165) is 19.3 Å². The Morgan fingerprint density at radius 2 is 1.75 bits per heavy atom. The number of likely N-dealkylation sites (tertiary alicyclic amines) is 1. The van der Waals surface area contributed by atoms with Crippen LogP contribution in [-0.2, 0) is 4.79 Å². The van der Waals surface area contributed by atoms with Gasteiger partial charge in [0.2, 0.25) is 5.91 Å². The second-order valence-corrected chi connectivity index (χ2v) is 7.10. The zero-order valence-corrected chi connectivity index (χ0v) is 16.9. The van der Waals surface area contributed by atoms with Gasteiger partial charge in [-0.15, -0.1) is 0 Å². The Labute approximate surface area is 166 Å². The molecule has 2 atom stereocenters. The summed E-state index contributed by atoms with van der Waals surface area (Å²) in [5.41, 5.74) is 1.28. The molecule has 1 fully saturated rings. The number of carbonyl (C=O) groups is 3. The number of nitrogens with one attached hydrogen (secondary N) is 4. The largest absolute Gasteiger partial charge is 0.356 e. The molecule has 0 spiro atoms. The van der Waals surface area contributed by atoms with E-state index in [4.69, 9.17) is 0 Å². The van der Waals surface area contributed by atoms with Crippen LogP contribution in [0.1, 0.15) is 40.0 Å². The van der Waals surface area contributed by atoms with Gasteiger partial charge in [-0.05, 0) is 57.4 Å². The highest BCUT2D eigenvalue weighted by Gasteiger charge is 2.28. The van der Waals surface area contributed by atoms with Crippen LogP contribution < -0.4 is 21.3 Å². The van der Waals surface area contributed by atoms with Crippen LogP contribution in [0.25, 0.3) is 0 Å². The fraction of sp³-hybridized carbons (Fsp3) is 0.550. The van der Waals surface area contributed by atoms with Crippen molar-refractivity contribution in [2.45, 2.75) is 46.1 Å². The van der Waals surface area contributed by atoms with Crippen molar-refractivity contribution in [3.63, 3.8) is 0 Å². The van der Waals surface area contributed by atoms with Crippen LogP contribution in [0.3, 0.4) is 0 Å². The van der Waals surface area contributed by atoms with Crippen molar-refractivity contribution in [3.8, 4) is 0 Å². The second kappa shape index (κ2) is 10.5. The molecule has 8 nitrogen and oxygen atoms in total. The van der Waals surface area contributed by atoms with Gasteiger partial charge in [0.15, 0.2) is 0 Å². The molecule has 0 saturated carbocycles. The maximum Gasteiger partial charge on any atom is 0.321 e. The Bertz CT molecular complexity index is 677. The molecule has 1 aromatic carbocycles. The molecule has 1 saturated heterocycles. The monoisotopic (exact) mass is 389 g/mol. The van der Waals surface area contributed by atoms with Crippen LogP contribution >= 0.6 is 0 Å². The van der Waals surface area contributed by atoms with Crippen molar-refractivity contribution in [2.75, 3.05) is 30.3 Å². The maximum atomic E-state index is 12.5. The lowest BCUT2D eigenvalue weighted by Crippen LogP contribution is -2.46. The van der Waals surface area contributed by atoms with Crippen LogP contribution in [0.5, 0.6) is 0 Å². The number of piperidine rings is 1. The first-order chi connectivity index (χ1) is 13.4. The van der Waals surface area contributed by atoms with E-state index in [1.54, 1.807) is 29.2 Å². The van der Waals surface area contributed by atoms with Crippen LogP contribution in [-0.4, -0.2) is 48.5 Å². The lowest BCUT2D eigenvalue weighted by Gasteiger charge is -2.32. The zero-order valence-electron chi connectivity index (χ0n) is 16.9. The third-order valence-electron chi connectivity index (χ3n) is 4.81. The molecule has 1 aromatic rings. The van der Waals surface area contributed by atoms with Gasteiger partial charge in [-0.3, -0.25) is 4.79 Å². The average Bonchev–Trinajstić information content (AvgIpc) is 2.69. The van der Waals surface area contributed by atoms with Gasteiger partial charge in [-0.1, -0.05) is 6.92 Å². The lowest BCUT2D eigenvalue weighted by atomic mass is 9.97. The van der Waals surface area contributed by atoms with Gasteiger partial charge in [-0.2, -0.15) is 0 Å². The molecule has 5 amide bonds. The molecule has 0 aromatic heterocycles. The first kappa shape index (κ1) is 21.5. The normalized spacial score (nSPS) is 17.4. The van der Waals surface area contributed by atoms with E-state index in [0.29, 0.717) is 31.0 Å². The van der Waals surface area contributed by atoms with Gasteiger partial charge in [0, 0.05) is 37.1 Å². The van der Waals surface area contributed by atoms with Crippen molar-refractivity contribution < 1.29 is 14.4 Å². The van der Waals surface area contributed by atoms with Gasteiger partial charge in [0.1, 0.15) is 0 Å². The number of rotatable bonds is 6. The number of benzene rings is 1. The fourth-order valence-electron chi connectivity index (χ4n) is 3.03. The molecule has 154 valence electrons. The summed E-state index contributed by atoms with van der Waals surface area (Å²) in [5.74, 6) is -0.152. The Morgan fingerprint density at radius 1 is 1.11 bits per heavy atom. The third-order valence-corrected chi connectivity index (χ3v) is 4.81. The summed E-state index contributed by atoms with van der Waals surface area (Å²) >= 11 is 0. The fourth-order valence-corrected chi connectivity index (χ4v) is 3.03. The predicted molar refractivity (Wildman–Crippen MR) is 110 cm³/mol. The molecule has 4 N–H and O–H groups in total. The first-order valence-electron chi connectivity index (χ1n) is 9.94. The first-order valence-corrected chi connectivity index (χ1v) is 9.94. The minimum atomic E-state index is -0.254. The number of amides is 5. The van der Waals surface area contributed by atoms with Gasteiger partial charge < -0.3 is 26.2 Å². The van der Waals surface area contributed by atoms with E-state index in [1.807, 2.05) is 20.8 Å². The zero-order chi connectivity index (χ0) is 20.5. The molecule has 28 heavy (non-hydrogen) atoms. The minimum Gasteiger partial charge on any atom is -0.356 e. The lowest BCUT2D eigenvalue weighted by molar-refractivity contribution is -0.126. The average molecular weight is 390 g/mol. The number of carbonyl (C=O) groups excluding carboxylic acids is 3. The summed E-state index contributed by atoms with van der Waals surface area (Å²) in [5, 5.41) is 11.3. The van der Waals surface area contributed by atoms with E-state index in [1.165, 1.54) is 0 Å². The van der Waals surface area contributed by atoms with Crippen LogP contribution in [0, 0.1) is 5.92 Å². The van der Waals surface area contributed by atoms with E-state index in [-0.39, 0.29) is 29.9 Å². The summed E-state index contributed by atoms with van der Waals surface area (Å²) in [6.07, 6.45) is 2.47. The van der Waals surface area contributed by atoms with Crippen LogP contribution in [0.2, 0.25) is 0 Å². The highest BCUT2D eigenvalue weighted by atomic mass is 16.2. The Kier molecular flexibility index (Phi) is 8.10. The predicted octanol–water partition coefficient (Wildman–Crippen LogP) is 2.99. The van der Waals surface area contributed by atoms with Crippen LogP contribution in [0.4, 0.5) is 21.0 Å². The van der Waals surface area contributed by atoms with E-state index in [9.17, 15) is 14.4 Å². The summed E-state index contributed by atoms with van der Waals surface area (Å²) in [4.78, 5) is 38.1. The molecule has 8 heteroatoms. The van der Waals surface area contributed by atoms with Gasteiger partial charge in [0.05, 0.1) is 5.92 Å². The number of anilines is 2. The third kappa shape index (κ3) is 6.44. The number of urea groups is 2. The van der Waals surface area contributed by atoms with E-state index in [2.05, 4.69) is 21.3 Å². The van der Waals surface area contributed by atoms with Gasteiger partial charge >= 0.3 is 12.1 Å². The van der Waals surface area contributed by atoms with E-state index < -0.39 is 0 Å². The molecule has 2 unspecified atom stereocenters. The van der Waals surface area contributed by atoms with Crippen LogP contribution in [0.15, 0.2) is 24.3 Å². The Morgan fingerprint density at radius 3 is 2.36 bits per heavy atom. The van der Waals surface area contributed by atoms with Crippen molar-refractivity contribution in [3.05, 3.63) is 24.3 Å². The standard InChI is InChI=1S/C20H31N5O3/c1-4-14(3)22-19(27)23-16-8-10-17(11-9-16)24-20(28)25-12-6-7-15(13-25)18(26)21-5-2/h8-11,14-15H,4-7,12-13H2,1-3H3,(H,21,26)(H,24,28)(H2,22,23,27). The second-order valence-electron chi connectivity index (χ2n) is 7.10. The maximum absolute atomic E-state index is 12.5. The molecule has 0 bridgehead atoms. The topological polar surface area (TPSA) is 103 Å². The summed E-state index contributed by atoms with van der Waals surface area (Å²) in [7, 11) is 0. The SMILES string of the molecule is CCNC(=O)C1CCCN(C(=O)Nc2ccc(NC(=O)NC(C)CC)cc2)C1. The number of hydrogen-bond acceptors (Lipinski definition) is 3. The van der Waals surface area contributed by atoms with E-state index >= 15 is 0 Å². The molecule has 0 aliphatic carbocycles. The molecule has 1 aliphatic heterocycles. The smallest absolute Gasteiger partial charge is 0.321 e. The van der Waals surface area contributed by atoms with Crippen molar-refractivity contribution in [1.29, 1.82) is 0 Å². The molecule has 0 radical (unpaired) electrons. The quantitative estimate of drug-likeness (QED) is 0.601. The Hall–Kier alpha value is -2.77. The summed E-state index contributed by atoms with van der Waals surface area (Å²) < 4.78 is 0. The molecule has 2 rings (SSSR count). The van der Waals surface area contributed by atoms with Gasteiger partial charge in [-0.25, -0.2) is 9.59 Å².